The Balaban J connectivity index is 1.89. The molecule has 0 bridgehead atoms. The van der Waals surface area contributed by atoms with E-state index in [0.29, 0.717) is 11.4 Å². The van der Waals surface area contributed by atoms with Crippen LogP contribution in [0.25, 0.3) is 10.1 Å². The molecule has 1 aromatic carbocycles. The van der Waals surface area contributed by atoms with Crippen LogP contribution in [0, 0.1) is 5.82 Å². The van der Waals surface area contributed by atoms with Gasteiger partial charge in [-0.1, -0.05) is 11.6 Å². The van der Waals surface area contributed by atoms with E-state index in [0.717, 1.165) is 20.5 Å². The molecule has 102 valence electrons. The highest BCUT2D eigenvalue weighted by atomic mass is 35.5. The van der Waals surface area contributed by atoms with Gasteiger partial charge in [0.2, 0.25) is 0 Å². The van der Waals surface area contributed by atoms with Gasteiger partial charge in [0, 0.05) is 28.0 Å². The fourth-order valence-corrected chi connectivity index (χ4v) is 3.37. The Kier molecular flexibility index (Phi) is 3.70. The summed E-state index contributed by atoms with van der Waals surface area (Å²) in [6.07, 6.45) is 3.95. The summed E-state index contributed by atoms with van der Waals surface area (Å²) in [4.78, 5) is 4.98. The molecule has 0 saturated carbocycles. The third kappa shape index (κ3) is 2.68. The van der Waals surface area contributed by atoms with Gasteiger partial charge in [0.05, 0.1) is 5.02 Å². The Morgan fingerprint density at radius 1 is 1.30 bits per heavy atom. The number of rotatable bonds is 3. The molecule has 20 heavy (non-hydrogen) atoms. The molecule has 0 spiro atoms. The number of pyridine rings is 1. The van der Waals surface area contributed by atoms with Gasteiger partial charge in [-0.15, -0.1) is 11.3 Å². The first-order chi connectivity index (χ1) is 9.63. The summed E-state index contributed by atoms with van der Waals surface area (Å²) in [6.45, 7) is 0. The molecule has 0 aliphatic rings. The van der Waals surface area contributed by atoms with Gasteiger partial charge in [-0.3, -0.25) is 4.98 Å². The average Bonchev–Trinajstić information content (AvgIpc) is 2.84. The quantitative estimate of drug-likeness (QED) is 0.782. The maximum Gasteiger partial charge on any atom is 0.123 e. The Labute approximate surface area is 125 Å². The molecule has 2 nitrogen and oxygen atoms in total. The van der Waals surface area contributed by atoms with Crippen molar-refractivity contribution in [2.24, 2.45) is 5.73 Å². The lowest BCUT2D eigenvalue weighted by molar-refractivity contribution is 0.630. The van der Waals surface area contributed by atoms with E-state index in [1.54, 1.807) is 29.8 Å². The van der Waals surface area contributed by atoms with Crippen LogP contribution in [0.5, 0.6) is 0 Å². The van der Waals surface area contributed by atoms with Crippen LogP contribution in [0.1, 0.15) is 16.5 Å². The zero-order valence-electron chi connectivity index (χ0n) is 10.5. The van der Waals surface area contributed by atoms with E-state index in [-0.39, 0.29) is 11.9 Å². The molecule has 3 aromatic rings. The van der Waals surface area contributed by atoms with E-state index >= 15 is 0 Å². The summed E-state index contributed by atoms with van der Waals surface area (Å²) in [5, 5.41) is 1.51. The van der Waals surface area contributed by atoms with Gasteiger partial charge < -0.3 is 5.73 Å². The maximum atomic E-state index is 13.2. The second-order valence-electron chi connectivity index (χ2n) is 4.61. The molecule has 2 N–H and O–H groups in total. The number of thiophene rings is 1. The van der Waals surface area contributed by atoms with Gasteiger partial charge >= 0.3 is 0 Å². The molecule has 0 fully saturated rings. The lowest BCUT2D eigenvalue weighted by atomic mass is 10.1. The van der Waals surface area contributed by atoms with Gasteiger partial charge in [-0.25, -0.2) is 4.39 Å². The van der Waals surface area contributed by atoms with E-state index in [1.807, 2.05) is 12.1 Å². The molecule has 2 heterocycles. The average molecular weight is 307 g/mol. The van der Waals surface area contributed by atoms with E-state index < -0.39 is 0 Å². The van der Waals surface area contributed by atoms with Gasteiger partial charge in [0.25, 0.3) is 0 Å². The first-order valence-electron chi connectivity index (χ1n) is 6.16. The van der Waals surface area contributed by atoms with Crippen molar-refractivity contribution in [1.82, 2.24) is 4.98 Å². The lowest BCUT2D eigenvalue weighted by Gasteiger charge is -2.10. The first kappa shape index (κ1) is 13.5. The molecule has 0 aliphatic heterocycles. The Bertz CT molecular complexity index is 756. The van der Waals surface area contributed by atoms with Crippen molar-refractivity contribution in [3.05, 3.63) is 64.0 Å². The van der Waals surface area contributed by atoms with Crippen molar-refractivity contribution in [2.45, 2.75) is 12.5 Å². The minimum Gasteiger partial charge on any atom is -0.323 e. The molecule has 0 amide bonds. The molecular formula is C15H12ClFN2S. The maximum absolute atomic E-state index is 13.2. The minimum absolute atomic E-state index is 0.157. The van der Waals surface area contributed by atoms with Crippen molar-refractivity contribution in [1.29, 1.82) is 0 Å². The van der Waals surface area contributed by atoms with E-state index in [2.05, 4.69) is 4.98 Å². The van der Waals surface area contributed by atoms with E-state index in [1.165, 1.54) is 12.1 Å². The summed E-state index contributed by atoms with van der Waals surface area (Å²) in [5.41, 5.74) is 7.21. The number of benzene rings is 1. The molecule has 5 heteroatoms. The standard InChI is InChI=1S/C15H12ClFN2S/c16-12-8-19-4-3-9(12)6-13(18)15-7-10-5-11(17)1-2-14(10)20-15/h1-5,7-8,13H,6,18H2. The van der Waals surface area contributed by atoms with Crippen molar-refractivity contribution < 1.29 is 4.39 Å². The number of aromatic nitrogens is 1. The topological polar surface area (TPSA) is 38.9 Å². The van der Waals surface area contributed by atoms with Crippen LogP contribution in [-0.2, 0) is 6.42 Å². The summed E-state index contributed by atoms with van der Waals surface area (Å²) in [5.74, 6) is -0.229. The lowest BCUT2D eigenvalue weighted by Crippen LogP contribution is -2.12. The third-order valence-electron chi connectivity index (χ3n) is 3.16. The van der Waals surface area contributed by atoms with Crippen LogP contribution < -0.4 is 5.73 Å². The van der Waals surface area contributed by atoms with Crippen LogP contribution in [0.2, 0.25) is 5.02 Å². The number of halogens is 2. The molecule has 0 radical (unpaired) electrons. The number of hydrogen-bond acceptors (Lipinski definition) is 3. The molecule has 0 aliphatic carbocycles. The van der Waals surface area contributed by atoms with Gasteiger partial charge in [-0.2, -0.15) is 0 Å². The second kappa shape index (κ2) is 5.48. The van der Waals surface area contributed by atoms with Gasteiger partial charge in [0.1, 0.15) is 5.82 Å². The summed E-state index contributed by atoms with van der Waals surface area (Å²) in [7, 11) is 0. The number of nitrogens with two attached hydrogens (primary N) is 1. The predicted molar refractivity (Wildman–Crippen MR) is 81.7 cm³/mol. The smallest absolute Gasteiger partial charge is 0.123 e. The molecule has 0 saturated heterocycles. The second-order valence-corrected chi connectivity index (χ2v) is 6.13. The Morgan fingerprint density at radius 3 is 2.95 bits per heavy atom. The minimum atomic E-state index is -0.229. The van der Waals surface area contributed by atoms with Crippen LogP contribution in [0.4, 0.5) is 4.39 Å². The first-order valence-corrected chi connectivity index (χ1v) is 7.36. The van der Waals surface area contributed by atoms with Crippen LogP contribution in [0.15, 0.2) is 42.7 Å². The van der Waals surface area contributed by atoms with E-state index in [4.69, 9.17) is 17.3 Å². The predicted octanol–water partition coefficient (Wildman–Crippen LogP) is 4.33. The van der Waals surface area contributed by atoms with Gasteiger partial charge in [0.15, 0.2) is 0 Å². The normalized spacial score (nSPS) is 12.8. The molecule has 1 unspecified atom stereocenters. The highest BCUT2D eigenvalue weighted by Crippen LogP contribution is 2.31. The van der Waals surface area contributed by atoms with Crippen LogP contribution >= 0.6 is 22.9 Å². The largest absolute Gasteiger partial charge is 0.323 e. The molecule has 1 atom stereocenters. The fraction of sp³-hybridized carbons (Fsp3) is 0.133. The summed E-state index contributed by atoms with van der Waals surface area (Å²) in [6, 6.07) is 8.44. The molecule has 2 aromatic heterocycles. The Hall–Kier alpha value is -1.49. The monoisotopic (exact) mass is 306 g/mol. The molecule has 3 rings (SSSR count). The van der Waals surface area contributed by atoms with Crippen LogP contribution in [0.3, 0.4) is 0 Å². The molecular weight excluding hydrogens is 295 g/mol. The van der Waals surface area contributed by atoms with E-state index in [9.17, 15) is 4.39 Å². The highest BCUT2D eigenvalue weighted by molar-refractivity contribution is 7.19. The van der Waals surface area contributed by atoms with Crippen molar-refractivity contribution >= 4 is 33.0 Å². The zero-order chi connectivity index (χ0) is 14.1. The Morgan fingerprint density at radius 2 is 2.15 bits per heavy atom. The number of fused-ring (bicyclic) bond motifs is 1. The summed E-state index contributed by atoms with van der Waals surface area (Å²) < 4.78 is 14.2. The SMILES string of the molecule is NC(Cc1ccncc1Cl)c1cc2cc(F)ccc2s1. The number of nitrogens with zero attached hydrogens (tertiary/aromatic N) is 1. The zero-order valence-corrected chi connectivity index (χ0v) is 12.1. The summed E-state index contributed by atoms with van der Waals surface area (Å²) >= 11 is 7.68. The van der Waals surface area contributed by atoms with Gasteiger partial charge in [-0.05, 0) is 47.7 Å². The van der Waals surface area contributed by atoms with Crippen LogP contribution in [-0.4, -0.2) is 4.98 Å². The van der Waals surface area contributed by atoms with Crippen molar-refractivity contribution in [3.8, 4) is 0 Å². The number of hydrogen-bond donors (Lipinski definition) is 1. The fourth-order valence-electron chi connectivity index (χ4n) is 2.12. The highest BCUT2D eigenvalue weighted by Gasteiger charge is 2.13. The van der Waals surface area contributed by atoms with Crippen molar-refractivity contribution in [3.63, 3.8) is 0 Å². The van der Waals surface area contributed by atoms with Crippen molar-refractivity contribution in [2.75, 3.05) is 0 Å². The third-order valence-corrected chi connectivity index (χ3v) is 4.75.